The van der Waals surface area contributed by atoms with Gasteiger partial charge in [-0.3, -0.25) is 9.69 Å². The lowest BCUT2D eigenvalue weighted by atomic mass is 9.75. The Kier molecular flexibility index (Phi) is 3.71. The molecule has 0 bridgehead atoms. The lowest BCUT2D eigenvalue weighted by Gasteiger charge is -2.40. The van der Waals surface area contributed by atoms with Gasteiger partial charge < -0.3 is 0 Å². The Morgan fingerprint density at radius 1 is 1.29 bits per heavy atom. The van der Waals surface area contributed by atoms with Gasteiger partial charge in [-0.1, -0.05) is 20.3 Å². The zero-order valence-electron chi connectivity index (χ0n) is 9.97. The van der Waals surface area contributed by atoms with Crippen LogP contribution in [-0.2, 0) is 4.79 Å². The quantitative estimate of drug-likeness (QED) is 0.675. The van der Waals surface area contributed by atoms with Crippen LogP contribution in [0.25, 0.3) is 0 Å². The Bertz CT molecular complexity index is 202. The van der Waals surface area contributed by atoms with Crippen LogP contribution in [-0.4, -0.2) is 29.3 Å². The summed E-state index contributed by atoms with van der Waals surface area (Å²) in [5.41, 5.74) is -0.255. The van der Waals surface area contributed by atoms with Crippen molar-refractivity contribution in [1.82, 2.24) is 4.90 Å². The van der Waals surface area contributed by atoms with Crippen LogP contribution in [0.1, 0.15) is 47.0 Å². The minimum atomic E-state index is -0.255. The number of nitrogens with zero attached hydrogens (tertiary/aromatic N) is 1. The fourth-order valence-corrected chi connectivity index (χ4v) is 2.34. The van der Waals surface area contributed by atoms with E-state index in [1.807, 2.05) is 0 Å². The number of carbonyl (C=O) groups excluding carboxylic acids is 1. The lowest BCUT2D eigenvalue weighted by Crippen LogP contribution is -2.53. The summed E-state index contributed by atoms with van der Waals surface area (Å²) in [5.74, 6) is 0.804. The maximum Gasteiger partial charge on any atom is 0.155 e. The summed E-state index contributed by atoms with van der Waals surface area (Å²) in [4.78, 5) is 14.4. The van der Waals surface area contributed by atoms with E-state index >= 15 is 0 Å². The molecule has 1 aliphatic carbocycles. The molecule has 2 nitrogen and oxygen atoms in total. The molecule has 0 unspecified atom stereocenters. The third kappa shape index (κ3) is 2.00. The molecule has 0 aliphatic heterocycles. The number of hydrogen-bond donors (Lipinski definition) is 0. The summed E-state index contributed by atoms with van der Waals surface area (Å²) in [7, 11) is 0. The van der Waals surface area contributed by atoms with Crippen molar-refractivity contribution in [2.75, 3.05) is 13.1 Å². The van der Waals surface area contributed by atoms with Crippen molar-refractivity contribution < 1.29 is 4.79 Å². The zero-order chi connectivity index (χ0) is 10.8. The first kappa shape index (κ1) is 11.7. The van der Waals surface area contributed by atoms with Crippen LogP contribution in [0.2, 0.25) is 0 Å². The summed E-state index contributed by atoms with van der Waals surface area (Å²) in [6.07, 6.45) is 3.47. The number of rotatable bonds is 5. The monoisotopic (exact) mass is 197 g/mol. The van der Waals surface area contributed by atoms with Crippen LogP contribution in [0.5, 0.6) is 0 Å². The summed E-state index contributed by atoms with van der Waals surface area (Å²) in [6, 6.07) is 0. The maximum atomic E-state index is 12.2. The van der Waals surface area contributed by atoms with Gasteiger partial charge in [-0.2, -0.15) is 0 Å². The second-order valence-corrected chi connectivity index (χ2v) is 4.72. The Balaban J connectivity index is 2.65. The molecule has 1 fully saturated rings. The van der Waals surface area contributed by atoms with Crippen molar-refractivity contribution in [3.05, 3.63) is 0 Å². The topological polar surface area (TPSA) is 20.3 Å². The number of ketones is 1. The third-order valence-electron chi connectivity index (χ3n) is 3.63. The highest BCUT2D eigenvalue weighted by molar-refractivity contribution is 5.90. The number of hydrogen-bond acceptors (Lipinski definition) is 2. The lowest BCUT2D eigenvalue weighted by molar-refractivity contribution is -0.136. The van der Waals surface area contributed by atoms with Crippen LogP contribution >= 0.6 is 0 Å². The van der Waals surface area contributed by atoms with E-state index in [1.54, 1.807) is 0 Å². The molecule has 0 N–H and O–H groups in total. The van der Waals surface area contributed by atoms with Crippen LogP contribution in [0.4, 0.5) is 0 Å². The molecule has 0 heterocycles. The van der Waals surface area contributed by atoms with E-state index < -0.39 is 0 Å². The molecule has 1 saturated carbocycles. The predicted molar refractivity (Wildman–Crippen MR) is 59.3 cm³/mol. The maximum absolute atomic E-state index is 12.2. The second kappa shape index (κ2) is 4.43. The Hall–Kier alpha value is -0.370. The summed E-state index contributed by atoms with van der Waals surface area (Å²) < 4.78 is 0. The van der Waals surface area contributed by atoms with Crippen molar-refractivity contribution in [2.24, 2.45) is 5.92 Å². The van der Waals surface area contributed by atoms with Gasteiger partial charge in [-0.25, -0.2) is 0 Å². The smallest absolute Gasteiger partial charge is 0.155 e. The van der Waals surface area contributed by atoms with E-state index in [2.05, 4.69) is 32.6 Å². The average molecular weight is 197 g/mol. The number of Topliss-reactive ketones (excluding diaryl/α,β-unsaturated/α-hetero) is 1. The van der Waals surface area contributed by atoms with Gasteiger partial charge in [0.25, 0.3) is 0 Å². The van der Waals surface area contributed by atoms with E-state index in [1.165, 1.54) is 6.42 Å². The minimum Gasteiger partial charge on any atom is -0.297 e. The molecule has 0 radical (unpaired) electrons. The standard InChI is InChI=1S/C12H23NO/c1-5-13(6-2)12(3,4)11(14)10-8-7-9-10/h10H,5-9H2,1-4H3. The first-order valence-corrected chi connectivity index (χ1v) is 5.83. The van der Waals surface area contributed by atoms with E-state index in [4.69, 9.17) is 0 Å². The van der Waals surface area contributed by atoms with Gasteiger partial charge in [0, 0.05) is 5.92 Å². The molecule has 1 aliphatic rings. The molecule has 0 amide bonds. The Labute approximate surface area is 87.7 Å². The fourth-order valence-electron chi connectivity index (χ4n) is 2.34. The van der Waals surface area contributed by atoms with Crippen molar-refractivity contribution >= 4 is 5.78 Å². The van der Waals surface area contributed by atoms with Crippen molar-refractivity contribution in [3.8, 4) is 0 Å². The van der Waals surface area contributed by atoms with Gasteiger partial charge in [0.2, 0.25) is 0 Å². The van der Waals surface area contributed by atoms with Crippen LogP contribution in [0.3, 0.4) is 0 Å². The molecule has 0 saturated heterocycles. The first-order chi connectivity index (χ1) is 6.54. The van der Waals surface area contributed by atoms with Gasteiger partial charge in [0.15, 0.2) is 5.78 Å². The average Bonchev–Trinajstić information content (AvgIpc) is 2.02. The highest BCUT2D eigenvalue weighted by Crippen LogP contribution is 2.32. The molecule has 0 spiro atoms. The second-order valence-electron chi connectivity index (χ2n) is 4.72. The highest BCUT2D eigenvalue weighted by atomic mass is 16.1. The molecule has 0 aromatic heterocycles. The SMILES string of the molecule is CCN(CC)C(C)(C)C(=O)C1CCC1. The van der Waals surface area contributed by atoms with Gasteiger partial charge in [-0.15, -0.1) is 0 Å². The summed E-state index contributed by atoms with van der Waals surface area (Å²) in [6.45, 7) is 10.3. The molecular weight excluding hydrogens is 174 g/mol. The first-order valence-electron chi connectivity index (χ1n) is 5.83. The summed E-state index contributed by atoms with van der Waals surface area (Å²) in [5, 5.41) is 0. The third-order valence-corrected chi connectivity index (χ3v) is 3.63. The molecule has 0 aromatic carbocycles. The van der Waals surface area contributed by atoms with Gasteiger partial charge in [-0.05, 0) is 39.8 Å². The molecular formula is C12H23NO. The normalized spacial score (nSPS) is 18.4. The van der Waals surface area contributed by atoms with Crippen molar-refractivity contribution in [2.45, 2.75) is 52.5 Å². The van der Waals surface area contributed by atoms with E-state index in [0.717, 1.165) is 25.9 Å². The van der Waals surface area contributed by atoms with Crippen molar-refractivity contribution in [3.63, 3.8) is 0 Å². The van der Waals surface area contributed by atoms with E-state index in [9.17, 15) is 4.79 Å². The molecule has 0 atom stereocenters. The summed E-state index contributed by atoms with van der Waals surface area (Å²) >= 11 is 0. The van der Waals surface area contributed by atoms with E-state index in [-0.39, 0.29) is 5.54 Å². The highest BCUT2D eigenvalue weighted by Gasteiger charge is 2.39. The van der Waals surface area contributed by atoms with Crippen LogP contribution < -0.4 is 0 Å². The fraction of sp³-hybridized carbons (Fsp3) is 0.917. The van der Waals surface area contributed by atoms with E-state index in [0.29, 0.717) is 11.7 Å². The number of carbonyl (C=O) groups is 1. The van der Waals surface area contributed by atoms with Gasteiger partial charge >= 0.3 is 0 Å². The molecule has 82 valence electrons. The van der Waals surface area contributed by atoms with Gasteiger partial charge in [0.1, 0.15) is 0 Å². The molecule has 2 heteroatoms. The van der Waals surface area contributed by atoms with Crippen LogP contribution in [0.15, 0.2) is 0 Å². The van der Waals surface area contributed by atoms with Crippen molar-refractivity contribution in [1.29, 1.82) is 0 Å². The van der Waals surface area contributed by atoms with Crippen LogP contribution in [0, 0.1) is 5.92 Å². The molecule has 14 heavy (non-hydrogen) atoms. The minimum absolute atomic E-state index is 0.255. The van der Waals surface area contributed by atoms with Gasteiger partial charge in [0.05, 0.1) is 5.54 Å². The molecule has 0 aromatic rings. The Morgan fingerprint density at radius 2 is 1.79 bits per heavy atom. The predicted octanol–water partition coefficient (Wildman–Crippen LogP) is 2.48. The Morgan fingerprint density at radius 3 is 2.07 bits per heavy atom. The zero-order valence-corrected chi connectivity index (χ0v) is 9.97. The number of likely N-dealkylation sites (N-methyl/N-ethyl adjacent to an activating group) is 1. The molecule has 1 rings (SSSR count). The largest absolute Gasteiger partial charge is 0.297 e.